The van der Waals surface area contributed by atoms with Gasteiger partial charge in [-0.05, 0) is 6.42 Å². The Morgan fingerprint density at radius 3 is 2.47 bits per heavy atom. The Hall–Kier alpha value is -1.07. The van der Waals surface area contributed by atoms with E-state index in [-0.39, 0.29) is 12.2 Å². The van der Waals surface area contributed by atoms with Gasteiger partial charge in [-0.15, -0.1) is 0 Å². The van der Waals surface area contributed by atoms with Gasteiger partial charge in [-0.25, -0.2) is 0 Å². The van der Waals surface area contributed by atoms with E-state index in [4.69, 9.17) is 0 Å². The fourth-order valence-electron chi connectivity index (χ4n) is 1.13. The lowest BCUT2D eigenvalue weighted by Gasteiger charge is -2.18. The molecule has 0 aromatic heterocycles. The molecule has 0 aromatic rings. The first-order valence-electron chi connectivity index (χ1n) is 6.18. The summed E-state index contributed by atoms with van der Waals surface area (Å²) in [6.45, 7) is 11.4. The highest BCUT2D eigenvalue weighted by Gasteiger charge is 2.24. The van der Waals surface area contributed by atoms with Crippen molar-refractivity contribution in [1.29, 1.82) is 0 Å². The van der Waals surface area contributed by atoms with Crippen molar-refractivity contribution in [3.8, 4) is 11.8 Å². The molecular formula is C15H24O2. The highest BCUT2D eigenvalue weighted by molar-refractivity contribution is 5.84. The van der Waals surface area contributed by atoms with E-state index in [2.05, 4.69) is 25.3 Å². The number of Topliss-reactive ketones (excluding diaryl/α,β-unsaturated/α-hetero) is 1. The Bertz CT molecular complexity index is 323. The molecule has 1 unspecified atom stereocenters. The third-order valence-corrected chi connectivity index (χ3v) is 2.52. The van der Waals surface area contributed by atoms with Gasteiger partial charge in [-0.3, -0.25) is 4.79 Å². The van der Waals surface area contributed by atoms with Crippen molar-refractivity contribution in [1.82, 2.24) is 0 Å². The van der Waals surface area contributed by atoms with E-state index < -0.39 is 11.5 Å². The lowest BCUT2D eigenvalue weighted by Crippen LogP contribution is -2.25. The van der Waals surface area contributed by atoms with Gasteiger partial charge in [0.25, 0.3) is 0 Å². The van der Waals surface area contributed by atoms with Crippen LogP contribution in [0.1, 0.15) is 53.4 Å². The van der Waals surface area contributed by atoms with Crippen LogP contribution >= 0.6 is 0 Å². The van der Waals surface area contributed by atoms with Gasteiger partial charge in [-0.1, -0.05) is 52.5 Å². The number of unbranched alkanes of at least 4 members (excludes halogenated alkanes) is 2. The second kappa shape index (κ2) is 7.29. The first-order chi connectivity index (χ1) is 7.79. The van der Waals surface area contributed by atoms with Crippen LogP contribution in [0.3, 0.4) is 0 Å². The molecule has 2 heteroatoms. The van der Waals surface area contributed by atoms with Crippen molar-refractivity contribution in [2.75, 3.05) is 0 Å². The average molecular weight is 236 g/mol. The van der Waals surface area contributed by atoms with Gasteiger partial charge in [0.1, 0.15) is 5.78 Å². The second-order valence-electron chi connectivity index (χ2n) is 5.32. The molecule has 2 nitrogen and oxygen atoms in total. The summed E-state index contributed by atoms with van der Waals surface area (Å²) in [7, 11) is 0. The first kappa shape index (κ1) is 15.9. The number of aliphatic hydroxyl groups excluding tert-OH is 1. The molecule has 0 bridgehead atoms. The number of hydrogen-bond acceptors (Lipinski definition) is 2. The van der Waals surface area contributed by atoms with Crippen molar-refractivity contribution in [2.45, 2.75) is 59.5 Å². The minimum Gasteiger partial charge on any atom is -0.387 e. The van der Waals surface area contributed by atoms with Gasteiger partial charge in [0.15, 0.2) is 0 Å². The Balaban J connectivity index is 4.22. The Kier molecular flexibility index (Phi) is 6.83. The SMILES string of the molecule is C=C(C#CCCCC)C(O)CC(=O)C(C)(C)C. The van der Waals surface area contributed by atoms with Crippen LogP contribution in [-0.4, -0.2) is 17.0 Å². The number of aliphatic hydroxyl groups is 1. The molecule has 1 atom stereocenters. The molecule has 0 aliphatic carbocycles. The normalized spacial score (nSPS) is 12.5. The van der Waals surface area contributed by atoms with Crippen molar-refractivity contribution >= 4 is 5.78 Å². The Morgan fingerprint density at radius 2 is 2.00 bits per heavy atom. The van der Waals surface area contributed by atoms with Crippen LogP contribution < -0.4 is 0 Å². The molecule has 0 radical (unpaired) electrons. The predicted octanol–water partition coefficient (Wildman–Crippen LogP) is 3.10. The number of carbonyl (C=O) groups excluding carboxylic acids is 1. The zero-order valence-electron chi connectivity index (χ0n) is 11.5. The maximum atomic E-state index is 11.7. The third kappa shape index (κ3) is 6.97. The molecule has 96 valence electrons. The van der Waals surface area contributed by atoms with Gasteiger partial charge in [0.05, 0.1) is 6.10 Å². The van der Waals surface area contributed by atoms with Gasteiger partial charge in [-0.2, -0.15) is 0 Å². The molecule has 0 fully saturated rings. The molecule has 0 spiro atoms. The number of hydrogen-bond donors (Lipinski definition) is 1. The van der Waals surface area contributed by atoms with Crippen LogP contribution in [-0.2, 0) is 4.79 Å². The van der Waals surface area contributed by atoms with Crippen molar-refractivity contribution in [2.24, 2.45) is 5.41 Å². The predicted molar refractivity (Wildman–Crippen MR) is 71.5 cm³/mol. The minimum absolute atomic E-state index is 0.0292. The first-order valence-corrected chi connectivity index (χ1v) is 6.18. The fraction of sp³-hybridized carbons (Fsp3) is 0.667. The molecule has 0 saturated heterocycles. The van der Waals surface area contributed by atoms with E-state index in [1.165, 1.54) is 0 Å². The zero-order valence-corrected chi connectivity index (χ0v) is 11.5. The summed E-state index contributed by atoms with van der Waals surface area (Å²) in [5.41, 5.74) is 0.0235. The lowest BCUT2D eigenvalue weighted by atomic mass is 9.86. The summed E-state index contributed by atoms with van der Waals surface area (Å²) in [6, 6.07) is 0. The maximum Gasteiger partial charge on any atom is 0.141 e. The topological polar surface area (TPSA) is 37.3 Å². The van der Waals surface area contributed by atoms with Crippen LogP contribution in [0.25, 0.3) is 0 Å². The molecule has 0 amide bonds. The number of carbonyl (C=O) groups is 1. The lowest BCUT2D eigenvalue weighted by molar-refractivity contribution is -0.127. The molecule has 0 heterocycles. The molecule has 0 saturated carbocycles. The summed E-state index contributed by atoms with van der Waals surface area (Å²) in [6.07, 6.45) is 2.24. The molecule has 0 aromatic carbocycles. The molecule has 0 aliphatic heterocycles. The van der Waals surface area contributed by atoms with Crippen LogP contribution in [0.2, 0.25) is 0 Å². The average Bonchev–Trinajstić information content (AvgIpc) is 2.22. The number of rotatable bonds is 5. The summed E-state index contributed by atoms with van der Waals surface area (Å²) in [5.74, 6) is 5.81. The summed E-state index contributed by atoms with van der Waals surface area (Å²) in [5, 5.41) is 9.79. The third-order valence-electron chi connectivity index (χ3n) is 2.52. The Labute approximate surface area is 105 Å². The quantitative estimate of drug-likeness (QED) is 0.588. The Morgan fingerprint density at radius 1 is 1.41 bits per heavy atom. The van der Waals surface area contributed by atoms with Crippen LogP contribution in [0.15, 0.2) is 12.2 Å². The fourth-order valence-corrected chi connectivity index (χ4v) is 1.13. The molecule has 0 rings (SSSR count). The van der Waals surface area contributed by atoms with Crippen LogP contribution in [0.4, 0.5) is 0 Å². The van der Waals surface area contributed by atoms with E-state index >= 15 is 0 Å². The summed E-state index contributed by atoms with van der Waals surface area (Å²) >= 11 is 0. The highest BCUT2D eigenvalue weighted by Crippen LogP contribution is 2.19. The summed E-state index contributed by atoms with van der Waals surface area (Å²) < 4.78 is 0. The summed E-state index contributed by atoms with van der Waals surface area (Å²) in [4.78, 5) is 11.7. The molecule has 17 heavy (non-hydrogen) atoms. The second-order valence-corrected chi connectivity index (χ2v) is 5.32. The monoisotopic (exact) mass is 236 g/mol. The van der Waals surface area contributed by atoms with Crippen LogP contribution in [0.5, 0.6) is 0 Å². The van der Waals surface area contributed by atoms with E-state index in [9.17, 15) is 9.90 Å². The smallest absolute Gasteiger partial charge is 0.141 e. The van der Waals surface area contributed by atoms with Gasteiger partial charge >= 0.3 is 0 Å². The molecule has 0 aliphatic rings. The van der Waals surface area contributed by atoms with E-state index in [1.54, 1.807) is 0 Å². The van der Waals surface area contributed by atoms with Gasteiger partial charge < -0.3 is 5.11 Å². The molecule has 1 N–H and O–H groups in total. The largest absolute Gasteiger partial charge is 0.387 e. The van der Waals surface area contributed by atoms with E-state index in [0.29, 0.717) is 5.57 Å². The standard InChI is InChI=1S/C15H24O2/c1-6-7-8-9-10-12(2)13(16)11-14(17)15(3,4)5/h13,16H,2,6-8,11H2,1,3-5H3. The molecular weight excluding hydrogens is 212 g/mol. The van der Waals surface area contributed by atoms with Crippen molar-refractivity contribution in [3.63, 3.8) is 0 Å². The zero-order chi connectivity index (χ0) is 13.5. The van der Waals surface area contributed by atoms with Gasteiger partial charge in [0.2, 0.25) is 0 Å². The minimum atomic E-state index is -0.837. The van der Waals surface area contributed by atoms with Crippen molar-refractivity contribution in [3.05, 3.63) is 12.2 Å². The van der Waals surface area contributed by atoms with E-state index in [0.717, 1.165) is 19.3 Å². The van der Waals surface area contributed by atoms with Crippen LogP contribution in [0, 0.1) is 17.3 Å². The van der Waals surface area contributed by atoms with Crippen molar-refractivity contribution < 1.29 is 9.90 Å². The maximum absolute atomic E-state index is 11.7. The number of ketones is 1. The highest BCUT2D eigenvalue weighted by atomic mass is 16.3. The van der Waals surface area contributed by atoms with Gasteiger partial charge in [0, 0.05) is 23.8 Å². The van der Waals surface area contributed by atoms with E-state index in [1.807, 2.05) is 20.8 Å².